The molecule has 0 aliphatic carbocycles. The van der Waals surface area contributed by atoms with E-state index in [1.165, 1.54) is 5.56 Å². The van der Waals surface area contributed by atoms with Crippen LogP contribution < -0.4 is 4.90 Å². The molecule has 140 valence electrons. The molecule has 1 atom stereocenters. The Bertz CT molecular complexity index is 840. The predicted octanol–water partition coefficient (Wildman–Crippen LogP) is 3.34. The van der Waals surface area contributed by atoms with E-state index in [9.17, 15) is 14.4 Å². The zero-order valence-corrected chi connectivity index (χ0v) is 15.6. The van der Waals surface area contributed by atoms with Gasteiger partial charge in [0, 0.05) is 24.2 Å². The van der Waals surface area contributed by atoms with Crippen molar-refractivity contribution in [3.05, 3.63) is 65.2 Å². The quantitative estimate of drug-likeness (QED) is 0.582. The van der Waals surface area contributed by atoms with Crippen molar-refractivity contribution in [3.63, 3.8) is 0 Å². The topological polar surface area (TPSA) is 63.7 Å². The average Bonchev–Trinajstić information content (AvgIpc) is 3.08. The number of aryl methyl sites for hydroxylation is 2. The van der Waals surface area contributed by atoms with E-state index in [1.807, 2.05) is 43.3 Å². The molecule has 0 radical (unpaired) electrons. The molecule has 1 aliphatic heterocycles. The van der Waals surface area contributed by atoms with Gasteiger partial charge in [-0.25, -0.2) is 0 Å². The van der Waals surface area contributed by atoms with Gasteiger partial charge >= 0.3 is 5.97 Å². The van der Waals surface area contributed by atoms with Crippen LogP contribution in [0.1, 0.15) is 34.8 Å². The van der Waals surface area contributed by atoms with Crippen molar-refractivity contribution in [1.29, 1.82) is 0 Å². The Labute approximate surface area is 158 Å². The SMILES string of the molecule is CCc1ccc(N2C[C@@H](C(=O)OCC(=O)c3ccc(C)cc3)CC2=O)cc1. The molecule has 0 spiro atoms. The van der Waals surface area contributed by atoms with Crippen molar-refractivity contribution in [2.45, 2.75) is 26.7 Å². The maximum Gasteiger partial charge on any atom is 0.311 e. The van der Waals surface area contributed by atoms with Crippen molar-refractivity contribution < 1.29 is 19.1 Å². The molecule has 1 aliphatic rings. The molecule has 0 bridgehead atoms. The molecule has 1 fully saturated rings. The summed E-state index contributed by atoms with van der Waals surface area (Å²) in [4.78, 5) is 38.3. The van der Waals surface area contributed by atoms with Crippen LogP contribution in [-0.2, 0) is 20.7 Å². The number of benzene rings is 2. The number of Topliss-reactive ketones (excluding diaryl/α,β-unsaturated/α-hetero) is 1. The number of ether oxygens (including phenoxy) is 1. The van der Waals surface area contributed by atoms with Crippen LogP contribution in [0.5, 0.6) is 0 Å². The molecule has 0 unspecified atom stereocenters. The number of esters is 1. The fourth-order valence-electron chi connectivity index (χ4n) is 3.10. The number of carbonyl (C=O) groups is 3. The number of hydrogen-bond acceptors (Lipinski definition) is 4. The van der Waals surface area contributed by atoms with E-state index in [2.05, 4.69) is 6.92 Å². The first-order valence-electron chi connectivity index (χ1n) is 9.13. The predicted molar refractivity (Wildman–Crippen MR) is 103 cm³/mol. The Morgan fingerprint density at radius 2 is 1.74 bits per heavy atom. The highest BCUT2D eigenvalue weighted by Crippen LogP contribution is 2.26. The third kappa shape index (κ3) is 4.42. The first-order chi connectivity index (χ1) is 13.0. The molecule has 3 rings (SSSR count). The van der Waals surface area contributed by atoms with Gasteiger partial charge in [0.15, 0.2) is 12.4 Å². The number of carbonyl (C=O) groups excluding carboxylic acids is 3. The molecule has 1 amide bonds. The summed E-state index contributed by atoms with van der Waals surface area (Å²) >= 11 is 0. The summed E-state index contributed by atoms with van der Waals surface area (Å²) < 4.78 is 5.17. The second kappa shape index (κ2) is 8.16. The molecule has 5 nitrogen and oxygen atoms in total. The first-order valence-corrected chi connectivity index (χ1v) is 9.13. The molecule has 27 heavy (non-hydrogen) atoms. The summed E-state index contributed by atoms with van der Waals surface area (Å²) in [6.45, 7) is 3.98. The normalized spacial score (nSPS) is 16.4. The van der Waals surface area contributed by atoms with Crippen molar-refractivity contribution in [2.24, 2.45) is 5.92 Å². The minimum Gasteiger partial charge on any atom is -0.457 e. The van der Waals surface area contributed by atoms with Gasteiger partial charge in [-0.05, 0) is 31.0 Å². The second-order valence-corrected chi connectivity index (χ2v) is 6.82. The summed E-state index contributed by atoms with van der Waals surface area (Å²) in [6.07, 6.45) is 1.03. The zero-order chi connectivity index (χ0) is 19.4. The van der Waals surface area contributed by atoms with Crippen LogP contribution in [-0.4, -0.2) is 30.8 Å². The number of nitrogens with zero attached hydrogens (tertiary/aromatic N) is 1. The first kappa shape index (κ1) is 18.8. The van der Waals surface area contributed by atoms with Gasteiger partial charge in [0.25, 0.3) is 0 Å². The van der Waals surface area contributed by atoms with Crippen LogP contribution in [0.3, 0.4) is 0 Å². The van der Waals surface area contributed by atoms with Crippen molar-refractivity contribution in [2.75, 3.05) is 18.1 Å². The summed E-state index contributed by atoms with van der Waals surface area (Å²) in [5, 5.41) is 0. The Morgan fingerprint density at radius 3 is 2.37 bits per heavy atom. The van der Waals surface area contributed by atoms with Gasteiger partial charge in [-0.2, -0.15) is 0 Å². The van der Waals surface area contributed by atoms with Crippen molar-refractivity contribution in [1.82, 2.24) is 0 Å². The Hall–Kier alpha value is -2.95. The lowest BCUT2D eigenvalue weighted by molar-refractivity contribution is -0.147. The third-order valence-electron chi connectivity index (χ3n) is 4.83. The van der Waals surface area contributed by atoms with Crippen LogP contribution in [0, 0.1) is 12.8 Å². The lowest BCUT2D eigenvalue weighted by Gasteiger charge is -2.17. The molecular formula is C22H23NO4. The summed E-state index contributed by atoms with van der Waals surface area (Å²) in [7, 11) is 0. The van der Waals surface area contributed by atoms with E-state index in [-0.39, 0.29) is 31.3 Å². The van der Waals surface area contributed by atoms with Crippen LogP contribution >= 0.6 is 0 Å². The Kier molecular flexibility index (Phi) is 5.69. The molecular weight excluding hydrogens is 342 g/mol. The van der Waals surface area contributed by atoms with Crippen molar-refractivity contribution >= 4 is 23.3 Å². The van der Waals surface area contributed by atoms with Gasteiger partial charge in [0.05, 0.1) is 5.92 Å². The molecule has 1 heterocycles. The summed E-state index contributed by atoms with van der Waals surface area (Å²) in [5.41, 5.74) is 3.54. The molecule has 2 aromatic rings. The van der Waals surface area contributed by atoms with E-state index >= 15 is 0 Å². The molecule has 0 aromatic heterocycles. The smallest absolute Gasteiger partial charge is 0.311 e. The van der Waals surface area contributed by atoms with E-state index in [1.54, 1.807) is 17.0 Å². The molecule has 2 aromatic carbocycles. The number of anilines is 1. The largest absolute Gasteiger partial charge is 0.457 e. The zero-order valence-electron chi connectivity index (χ0n) is 15.6. The third-order valence-corrected chi connectivity index (χ3v) is 4.83. The van der Waals surface area contributed by atoms with Gasteiger partial charge in [-0.1, -0.05) is 48.9 Å². The lowest BCUT2D eigenvalue weighted by Crippen LogP contribution is -2.27. The minimum atomic E-state index is -0.547. The van der Waals surface area contributed by atoms with Crippen LogP contribution in [0.2, 0.25) is 0 Å². The fourth-order valence-corrected chi connectivity index (χ4v) is 3.10. The summed E-state index contributed by atoms with van der Waals surface area (Å²) in [5.74, 6) is -1.41. The summed E-state index contributed by atoms with van der Waals surface area (Å²) in [6, 6.07) is 14.9. The van der Waals surface area contributed by atoms with Gasteiger partial charge < -0.3 is 9.64 Å². The standard InChI is InChI=1S/C22H23NO4/c1-3-16-6-10-19(11-7-16)23-13-18(12-21(23)25)22(26)27-14-20(24)17-8-4-15(2)5-9-17/h4-11,18H,3,12-14H2,1-2H3/t18-/m0/s1. The average molecular weight is 365 g/mol. The molecule has 1 saturated heterocycles. The fraction of sp³-hybridized carbons (Fsp3) is 0.318. The van der Waals surface area contributed by atoms with Crippen LogP contribution in [0.4, 0.5) is 5.69 Å². The number of ketones is 1. The maximum atomic E-state index is 12.3. The lowest BCUT2D eigenvalue weighted by atomic mass is 10.1. The van der Waals surface area contributed by atoms with Gasteiger partial charge in [-0.15, -0.1) is 0 Å². The highest BCUT2D eigenvalue weighted by Gasteiger charge is 2.36. The molecule has 0 saturated carbocycles. The highest BCUT2D eigenvalue weighted by molar-refractivity contribution is 6.01. The van der Waals surface area contributed by atoms with Crippen LogP contribution in [0.25, 0.3) is 0 Å². The van der Waals surface area contributed by atoms with Gasteiger partial charge in [0.1, 0.15) is 0 Å². The van der Waals surface area contributed by atoms with Gasteiger partial charge in [0.2, 0.25) is 5.91 Å². The maximum absolute atomic E-state index is 12.3. The highest BCUT2D eigenvalue weighted by atomic mass is 16.5. The van der Waals surface area contributed by atoms with Crippen LogP contribution in [0.15, 0.2) is 48.5 Å². The van der Waals surface area contributed by atoms with Gasteiger partial charge in [-0.3, -0.25) is 14.4 Å². The minimum absolute atomic E-state index is 0.104. The monoisotopic (exact) mass is 365 g/mol. The Morgan fingerprint density at radius 1 is 1.07 bits per heavy atom. The van der Waals surface area contributed by atoms with E-state index in [4.69, 9.17) is 4.74 Å². The number of amides is 1. The van der Waals surface area contributed by atoms with E-state index in [0.29, 0.717) is 5.56 Å². The molecule has 0 N–H and O–H groups in total. The van der Waals surface area contributed by atoms with E-state index < -0.39 is 11.9 Å². The molecule has 5 heteroatoms. The van der Waals surface area contributed by atoms with E-state index in [0.717, 1.165) is 17.7 Å². The number of hydrogen-bond donors (Lipinski definition) is 0. The number of rotatable bonds is 6. The Balaban J connectivity index is 1.56. The van der Waals surface area contributed by atoms with Crippen molar-refractivity contribution in [3.8, 4) is 0 Å². The second-order valence-electron chi connectivity index (χ2n) is 6.82.